The monoisotopic (exact) mass is 362 g/mol. The van der Waals surface area contributed by atoms with Gasteiger partial charge in [0.15, 0.2) is 0 Å². The molecule has 1 N–H and O–H groups in total. The van der Waals surface area contributed by atoms with Gasteiger partial charge < -0.3 is 14.7 Å². The molecule has 2 aromatic rings. The highest BCUT2D eigenvalue weighted by molar-refractivity contribution is 7.13. The number of hydrogen-bond acceptors (Lipinski definition) is 6. The first-order valence-electron chi connectivity index (χ1n) is 9.17. The Hall–Kier alpha value is -1.73. The van der Waals surface area contributed by atoms with E-state index in [-0.39, 0.29) is 5.91 Å². The molecule has 0 aliphatic carbocycles. The third kappa shape index (κ3) is 5.93. The minimum Gasteiger partial charge on any atom is -0.356 e. The number of carbonyl (C=O) groups is 1. The van der Waals surface area contributed by atoms with E-state index in [0.717, 1.165) is 24.4 Å². The first-order valence-corrected chi connectivity index (χ1v) is 10.0. The Kier molecular flexibility index (Phi) is 6.99. The highest BCUT2D eigenvalue weighted by atomic mass is 32.1. The van der Waals surface area contributed by atoms with Crippen molar-refractivity contribution in [2.75, 3.05) is 26.2 Å². The minimum absolute atomic E-state index is 0.0479. The molecule has 0 spiro atoms. The zero-order valence-electron chi connectivity index (χ0n) is 14.6. The SMILES string of the molecule is O=C(CCc1nc(-c2cccs2)no1)NCCCN1CCCCCC1. The largest absolute Gasteiger partial charge is 0.356 e. The van der Waals surface area contributed by atoms with Crippen molar-refractivity contribution in [1.29, 1.82) is 0 Å². The van der Waals surface area contributed by atoms with Gasteiger partial charge in [0, 0.05) is 19.4 Å². The predicted octanol–water partition coefficient (Wildman–Crippen LogP) is 3.11. The average molecular weight is 362 g/mol. The van der Waals surface area contributed by atoms with Crippen LogP contribution in [0, 0.1) is 0 Å². The van der Waals surface area contributed by atoms with Gasteiger partial charge in [-0.2, -0.15) is 4.98 Å². The van der Waals surface area contributed by atoms with Crippen molar-refractivity contribution in [1.82, 2.24) is 20.4 Å². The summed E-state index contributed by atoms with van der Waals surface area (Å²) in [5, 5.41) is 8.92. The number of amides is 1. The quantitative estimate of drug-likeness (QED) is 0.731. The van der Waals surface area contributed by atoms with Gasteiger partial charge in [0.2, 0.25) is 17.6 Å². The van der Waals surface area contributed by atoms with Crippen LogP contribution in [0.5, 0.6) is 0 Å². The van der Waals surface area contributed by atoms with Crippen molar-refractivity contribution in [2.45, 2.75) is 44.9 Å². The van der Waals surface area contributed by atoms with E-state index in [1.165, 1.54) is 38.8 Å². The van der Waals surface area contributed by atoms with Crippen LogP contribution in [0.25, 0.3) is 10.7 Å². The summed E-state index contributed by atoms with van der Waals surface area (Å²) in [5.41, 5.74) is 0. The molecule has 1 aliphatic heterocycles. The maximum absolute atomic E-state index is 11.9. The number of aromatic nitrogens is 2. The lowest BCUT2D eigenvalue weighted by atomic mass is 10.2. The Morgan fingerprint density at radius 2 is 2.12 bits per heavy atom. The number of nitrogens with one attached hydrogen (secondary N) is 1. The van der Waals surface area contributed by atoms with Gasteiger partial charge in [0.1, 0.15) is 0 Å². The van der Waals surface area contributed by atoms with E-state index in [2.05, 4.69) is 20.4 Å². The Morgan fingerprint density at radius 3 is 2.88 bits per heavy atom. The fourth-order valence-electron chi connectivity index (χ4n) is 3.06. The first kappa shape index (κ1) is 18.1. The van der Waals surface area contributed by atoms with E-state index >= 15 is 0 Å². The van der Waals surface area contributed by atoms with Crippen LogP contribution in [-0.4, -0.2) is 47.1 Å². The van der Waals surface area contributed by atoms with Gasteiger partial charge in [0.25, 0.3) is 0 Å². The van der Waals surface area contributed by atoms with Gasteiger partial charge in [-0.05, 0) is 50.3 Å². The molecule has 3 heterocycles. The fraction of sp³-hybridized carbons (Fsp3) is 0.611. The Balaban J connectivity index is 1.30. The number of nitrogens with zero attached hydrogens (tertiary/aromatic N) is 3. The first-order chi connectivity index (χ1) is 12.3. The third-order valence-electron chi connectivity index (χ3n) is 4.45. The van der Waals surface area contributed by atoms with Crippen molar-refractivity contribution in [3.63, 3.8) is 0 Å². The zero-order valence-corrected chi connectivity index (χ0v) is 15.4. The number of carbonyl (C=O) groups excluding carboxylic acids is 1. The molecule has 3 rings (SSSR count). The van der Waals surface area contributed by atoms with Crippen LogP contribution in [0.3, 0.4) is 0 Å². The molecule has 2 aromatic heterocycles. The lowest BCUT2D eigenvalue weighted by molar-refractivity contribution is -0.121. The van der Waals surface area contributed by atoms with E-state index in [1.807, 2.05) is 17.5 Å². The molecule has 1 amide bonds. The minimum atomic E-state index is 0.0479. The summed E-state index contributed by atoms with van der Waals surface area (Å²) in [5.74, 6) is 1.16. The molecule has 6 nitrogen and oxygen atoms in total. The van der Waals surface area contributed by atoms with Gasteiger partial charge in [-0.15, -0.1) is 11.3 Å². The summed E-state index contributed by atoms with van der Waals surface area (Å²) in [6.45, 7) is 4.23. The lowest BCUT2D eigenvalue weighted by Crippen LogP contribution is -2.30. The summed E-state index contributed by atoms with van der Waals surface area (Å²) < 4.78 is 5.21. The van der Waals surface area contributed by atoms with Crippen LogP contribution in [-0.2, 0) is 11.2 Å². The van der Waals surface area contributed by atoms with E-state index in [1.54, 1.807) is 11.3 Å². The van der Waals surface area contributed by atoms with E-state index in [0.29, 0.717) is 24.6 Å². The topological polar surface area (TPSA) is 71.3 Å². The Morgan fingerprint density at radius 1 is 1.28 bits per heavy atom. The maximum Gasteiger partial charge on any atom is 0.227 e. The van der Waals surface area contributed by atoms with Crippen molar-refractivity contribution in [3.05, 3.63) is 23.4 Å². The lowest BCUT2D eigenvalue weighted by Gasteiger charge is -2.19. The number of aryl methyl sites for hydroxylation is 1. The van der Waals surface area contributed by atoms with Crippen molar-refractivity contribution >= 4 is 17.2 Å². The zero-order chi connectivity index (χ0) is 17.3. The molecule has 25 heavy (non-hydrogen) atoms. The fourth-order valence-corrected chi connectivity index (χ4v) is 3.71. The predicted molar refractivity (Wildman–Crippen MR) is 98.5 cm³/mol. The molecule has 136 valence electrons. The molecule has 0 radical (unpaired) electrons. The molecular weight excluding hydrogens is 336 g/mol. The van der Waals surface area contributed by atoms with Crippen molar-refractivity contribution in [3.8, 4) is 10.7 Å². The van der Waals surface area contributed by atoms with Crippen LogP contribution in [0.4, 0.5) is 0 Å². The number of thiophene rings is 1. The average Bonchev–Trinajstić information content (AvgIpc) is 3.24. The molecule has 1 saturated heterocycles. The van der Waals surface area contributed by atoms with Crippen LogP contribution in [0.1, 0.15) is 44.4 Å². The second-order valence-electron chi connectivity index (χ2n) is 6.45. The summed E-state index contributed by atoms with van der Waals surface area (Å²) in [6, 6.07) is 3.91. The molecule has 0 unspecified atom stereocenters. The van der Waals surface area contributed by atoms with Gasteiger partial charge >= 0.3 is 0 Å². The second kappa shape index (κ2) is 9.68. The molecular formula is C18H26N4O2S. The normalized spacial score (nSPS) is 15.8. The highest BCUT2D eigenvalue weighted by Crippen LogP contribution is 2.21. The maximum atomic E-state index is 11.9. The Labute approximate surface area is 152 Å². The second-order valence-corrected chi connectivity index (χ2v) is 7.40. The molecule has 0 saturated carbocycles. The van der Waals surface area contributed by atoms with E-state index in [4.69, 9.17) is 4.52 Å². The van der Waals surface area contributed by atoms with Crippen LogP contribution < -0.4 is 5.32 Å². The van der Waals surface area contributed by atoms with Crippen LogP contribution >= 0.6 is 11.3 Å². The molecule has 7 heteroatoms. The molecule has 0 aromatic carbocycles. The van der Waals surface area contributed by atoms with Gasteiger partial charge in [0.05, 0.1) is 4.88 Å². The molecule has 0 atom stereocenters. The van der Waals surface area contributed by atoms with Crippen molar-refractivity contribution in [2.24, 2.45) is 0 Å². The number of rotatable bonds is 8. The van der Waals surface area contributed by atoms with Gasteiger partial charge in [-0.3, -0.25) is 4.79 Å². The van der Waals surface area contributed by atoms with Crippen molar-refractivity contribution < 1.29 is 9.32 Å². The highest BCUT2D eigenvalue weighted by Gasteiger charge is 2.12. The van der Waals surface area contributed by atoms with E-state index < -0.39 is 0 Å². The summed E-state index contributed by atoms with van der Waals surface area (Å²) >= 11 is 1.57. The van der Waals surface area contributed by atoms with Crippen LogP contribution in [0.15, 0.2) is 22.0 Å². The third-order valence-corrected chi connectivity index (χ3v) is 5.31. The van der Waals surface area contributed by atoms with Gasteiger partial charge in [-0.25, -0.2) is 0 Å². The van der Waals surface area contributed by atoms with Gasteiger partial charge in [-0.1, -0.05) is 24.1 Å². The molecule has 1 aliphatic rings. The number of likely N-dealkylation sites (tertiary alicyclic amines) is 1. The summed E-state index contributed by atoms with van der Waals surface area (Å²) in [7, 11) is 0. The van der Waals surface area contributed by atoms with E-state index in [9.17, 15) is 4.79 Å². The van der Waals surface area contributed by atoms with Crippen LogP contribution in [0.2, 0.25) is 0 Å². The Bertz CT molecular complexity index is 633. The summed E-state index contributed by atoms with van der Waals surface area (Å²) in [6.07, 6.45) is 7.21. The summed E-state index contributed by atoms with van der Waals surface area (Å²) in [4.78, 5) is 19.8. The number of hydrogen-bond donors (Lipinski definition) is 1. The molecule has 1 fully saturated rings. The molecule has 0 bridgehead atoms. The smallest absolute Gasteiger partial charge is 0.227 e. The standard InChI is InChI=1S/C18H26N4O2S/c23-16(19-10-6-13-22-11-3-1-2-4-12-22)8-9-17-20-18(21-24-17)15-7-5-14-25-15/h5,7,14H,1-4,6,8-13H2,(H,19,23).